The lowest BCUT2D eigenvalue weighted by molar-refractivity contribution is 0.0527. The summed E-state index contributed by atoms with van der Waals surface area (Å²) in [6, 6.07) is 13.3. The highest BCUT2D eigenvalue weighted by atomic mass is 79.9. The molecule has 0 radical (unpaired) electrons. The number of aromatic nitrogens is 3. The van der Waals surface area contributed by atoms with Gasteiger partial charge in [-0.3, -0.25) is 0 Å². The molecule has 11 heteroatoms. The van der Waals surface area contributed by atoms with Gasteiger partial charge in [0.15, 0.2) is 11.4 Å². The molecule has 0 bridgehead atoms. The smallest absolute Gasteiger partial charge is 0.340 e. The van der Waals surface area contributed by atoms with Crippen LogP contribution in [0.3, 0.4) is 0 Å². The number of ether oxygens (including phenoxy) is 2. The summed E-state index contributed by atoms with van der Waals surface area (Å²) in [7, 11) is 3.46. The molecule has 37 heavy (non-hydrogen) atoms. The van der Waals surface area contributed by atoms with Crippen molar-refractivity contribution in [3.05, 3.63) is 69.3 Å². The SMILES string of the molecule is CCOC(=O)c1c(CSc2ccccc2OC)n(C)c2cc(Br)c(O)c(Cn3cnc(C#N)c3C#N)c12. The van der Waals surface area contributed by atoms with Crippen LogP contribution in [0, 0.1) is 22.7 Å². The molecule has 4 rings (SSSR count). The second-order valence-electron chi connectivity index (χ2n) is 7.91. The maximum absolute atomic E-state index is 13.3. The number of thioether (sulfide) groups is 1. The molecule has 2 aromatic heterocycles. The van der Waals surface area contributed by atoms with E-state index >= 15 is 0 Å². The second-order valence-corrected chi connectivity index (χ2v) is 9.79. The molecule has 0 aliphatic heterocycles. The lowest BCUT2D eigenvalue weighted by atomic mass is 10.0. The molecule has 0 fully saturated rings. The number of halogens is 1. The van der Waals surface area contributed by atoms with Crippen molar-refractivity contribution >= 4 is 44.6 Å². The molecule has 9 nitrogen and oxygen atoms in total. The van der Waals surface area contributed by atoms with Crippen LogP contribution in [0.15, 0.2) is 46.0 Å². The number of esters is 1. The van der Waals surface area contributed by atoms with Crippen molar-refractivity contribution in [3.63, 3.8) is 0 Å². The normalized spacial score (nSPS) is 10.8. The Hall–Kier alpha value is -3.93. The van der Waals surface area contributed by atoms with E-state index in [2.05, 4.69) is 20.9 Å². The number of aromatic hydroxyl groups is 1. The van der Waals surface area contributed by atoms with Gasteiger partial charge in [-0.1, -0.05) is 12.1 Å². The molecular weight excluding hydrogens is 558 g/mol. The third-order valence-electron chi connectivity index (χ3n) is 5.93. The molecule has 2 heterocycles. The summed E-state index contributed by atoms with van der Waals surface area (Å²) < 4.78 is 14.7. The number of hydrogen-bond donors (Lipinski definition) is 1. The van der Waals surface area contributed by atoms with Crippen molar-refractivity contribution in [1.82, 2.24) is 14.1 Å². The van der Waals surface area contributed by atoms with E-state index in [1.54, 1.807) is 20.1 Å². The molecule has 188 valence electrons. The van der Waals surface area contributed by atoms with Gasteiger partial charge >= 0.3 is 5.97 Å². The summed E-state index contributed by atoms with van der Waals surface area (Å²) >= 11 is 4.93. The number of nitriles is 2. The maximum atomic E-state index is 13.3. The molecule has 0 saturated carbocycles. The minimum atomic E-state index is -0.518. The van der Waals surface area contributed by atoms with Crippen molar-refractivity contribution in [3.8, 4) is 23.6 Å². The van der Waals surface area contributed by atoms with Crippen LogP contribution >= 0.6 is 27.7 Å². The number of phenols is 1. The van der Waals surface area contributed by atoms with Crippen molar-refractivity contribution in [1.29, 1.82) is 10.5 Å². The Balaban J connectivity index is 1.93. The van der Waals surface area contributed by atoms with Crippen LogP contribution < -0.4 is 4.74 Å². The molecular formula is C26H22BrN5O4S. The monoisotopic (exact) mass is 579 g/mol. The van der Waals surface area contributed by atoms with Crippen molar-refractivity contribution in [2.75, 3.05) is 13.7 Å². The van der Waals surface area contributed by atoms with Gasteiger partial charge in [0.25, 0.3) is 0 Å². The van der Waals surface area contributed by atoms with Crippen molar-refractivity contribution < 1.29 is 19.4 Å². The number of rotatable bonds is 8. The summed E-state index contributed by atoms with van der Waals surface area (Å²) in [5, 5.41) is 30.5. The molecule has 1 N–H and O–H groups in total. The minimum absolute atomic E-state index is 0.00879. The maximum Gasteiger partial charge on any atom is 0.340 e. The highest BCUT2D eigenvalue weighted by molar-refractivity contribution is 9.10. The third-order valence-corrected chi connectivity index (χ3v) is 7.60. The molecule has 0 atom stereocenters. The average Bonchev–Trinajstić information content (AvgIpc) is 3.43. The van der Waals surface area contributed by atoms with Crippen molar-refractivity contribution in [2.45, 2.75) is 24.1 Å². The number of para-hydroxylation sites is 1. The van der Waals surface area contributed by atoms with E-state index in [1.807, 2.05) is 48.0 Å². The molecule has 0 aliphatic carbocycles. The molecule has 0 spiro atoms. The first-order valence-corrected chi connectivity index (χ1v) is 12.9. The third kappa shape index (κ3) is 4.76. The first-order chi connectivity index (χ1) is 17.9. The van der Waals surface area contributed by atoms with E-state index in [0.29, 0.717) is 37.9 Å². The van der Waals surface area contributed by atoms with E-state index in [0.717, 1.165) is 10.6 Å². The fourth-order valence-electron chi connectivity index (χ4n) is 4.18. The zero-order valence-electron chi connectivity index (χ0n) is 20.3. The standard InChI is InChI=1S/C26H22BrN5O4S/c1-4-36-26(34)24-20(13-37-22-8-6-5-7-21(22)35-3)31(2)18-9-16(27)25(33)15(23(18)24)12-32-14-30-17(10-28)19(32)11-29/h5-9,14,33H,4,12-13H2,1-3H3. The van der Waals surface area contributed by atoms with Gasteiger partial charge in [-0.15, -0.1) is 11.8 Å². The molecule has 4 aromatic rings. The van der Waals surface area contributed by atoms with E-state index in [1.165, 1.54) is 22.7 Å². The Morgan fingerprint density at radius 3 is 2.70 bits per heavy atom. The predicted octanol–water partition coefficient (Wildman–Crippen LogP) is 5.11. The highest BCUT2D eigenvalue weighted by Crippen LogP contribution is 2.41. The van der Waals surface area contributed by atoms with Gasteiger partial charge in [0.05, 0.1) is 42.1 Å². The van der Waals surface area contributed by atoms with Gasteiger partial charge < -0.3 is 23.7 Å². The predicted molar refractivity (Wildman–Crippen MR) is 142 cm³/mol. The molecule has 0 saturated heterocycles. The number of carbonyl (C=O) groups is 1. The number of hydrogen-bond acceptors (Lipinski definition) is 8. The van der Waals surface area contributed by atoms with Crippen LogP contribution in [0.2, 0.25) is 0 Å². The lowest BCUT2D eigenvalue weighted by Gasteiger charge is -2.12. The Bertz CT molecular complexity index is 1600. The number of imidazole rings is 1. The Morgan fingerprint density at radius 1 is 1.27 bits per heavy atom. The van der Waals surface area contributed by atoms with Crippen LogP contribution in [0.4, 0.5) is 0 Å². The Morgan fingerprint density at radius 2 is 2.03 bits per heavy atom. The quantitative estimate of drug-likeness (QED) is 0.225. The zero-order valence-corrected chi connectivity index (χ0v) is 22.7. The first-order valence-electron chi connectivity index (χ1n) is 11.2. The zero-order chi connectivity index (χ0) is 26.7. The summed E-state index contributed by atoms with van der Waals surface area (Å²) in [6.45, 7) is 1.92. The van der Waals surface area contributed by atoms with Crippen LogP contribution in [0.5, 0.6) is 11.5 Å². The fourth-order valence-corrected chi connectivity index (χ4v) is 5.74. The second kappa shape index (κ2) is 11.0. The number of aryl methyl sites for hydroxylation is 1. The number of carbonyl (C=O) groups excluding carboxylic acids is 1. The van der Waals surface area contributed by atoms with Gasteiger partial charge in [0, 0.05) is 34.3 Å². The molecule has 0 amide bonds. The summed E-state index contributed by atoms with van der Waals surface area (Å²) in [5.41, 5.74) is 2.18. The van der Waals surface area contributed by atoms with Crippen LogP contribution in [0.25, 0.3) is 10.9 Å². The summed E-state index contributed by atoms with van der Waals surface area (Å²) in [6.07, 6.45) is 1.37. The Kier molecular flexibility index (Phi) is 7.77. The van der Waals surface area contributed by atoms with Gasteiger partial charge in [0.1, 0.15) is 23.6 Å². The number of benzene rings is 2. The number of fused-ring (bicyclic) bond motifs is 1. The number of nitrogens with zero attached hydrogens (tertiary/aromatic N) is 5. The average molecular weight is 580 g/mol. The van der Waals surface area contributed by atoms with Gasteiger partial charge in [-0.2, -0.15) is 10.5 Å². The van der Waals surface area contributed by atoms with E-state index in [9.17, 15) is 20.4 Å². The van der Waals surface area contributed by atoms with Gasteiger partial charge in [-0.25, -0.2) is 9.78 Å². The Labute approximate surface area is 226 Å². The lowest BCUT2D eigenvalue weighted by Crippen LogP contribution is -2.09. The van der Waals surface area contributed by atoms with Crippen molar-refractivity contribution in [2.24, 2.45) is 7.05 Å². The van der Waals surface area contributed by atoms with Gasteiger partial charge in [-0.05, 0) is 41.1 Å². The van der Waals surface area contributed by atoms with E-state index < -0.39 is 5.97 Å². The summed E-state index contributed by atoms with van der Waals surface area (Å²) in [5.74, 6) is 0.548. The fraction of sp³-hybridized carbons (Fsp3) is 0.231. The minimum Gasteiger partial charge on any atom is -0.506 e. The number of methoxy groups -OCH3 is 1. The summed E-state index contributed by atoms with van der Waals surface area (Å²) in [4.78, 5) is 18.2. The largest absolute Gasteiger partial charge is 0.506 e. The van der Waals surface area contributed by atoms with Crippen LogP contribution in [0.1, 0.15) is 39.9 Å². The van der Waals surface area contributed by atoms with Gasteiger partial charge in [0.2, 0.25) is 0 Å². The number of phenolic OH excluding ortho intramolecular Hbond substituents is 1. The van der Waals surface area contributed by atoms with Crippen LogP contribution in [-0.4, -0.2) is 38.9 Å². The highest BCUT2D eigenvalue weighted by Gasteiger charge is 2.28. The molecule has 0 aliphatic rings. The molecule has 0 unspecified atom stereocenters. The first kappa shape index (κ1) is 26.1. The van der Waals surface area contributed by atoms with E-state index in [-0.39, 0.29) is 30.3 Å². The van der Waals surface area contributed by atoms with E-state index in [4.69, 9.17) is 9.47 Å². The molecule has 2 aromatic carbocycles. The topological polar surface area (TPSA) is 126 Å². The van der Waals surface area contributed by atoms with Crippen LogP contribution in [-0.2, 0) is 24.1 Å².